The third kappa shape index (κ3) is 3.32. The number of hydrogen-bond donors (Lipinski definition) is 2. The Kier molecular flexibility index (Phi) is 4.00. The highest BCUT2D eigenvalue weighted by molar-refractivity contribution is 9.10. The minimum atomic E-state index is -0.381. The predicted octanol–water partition coefficient (Wildman–Crippen LogP) is 0.703. The highest BCUT2D eigenvalue weighted by Crippen LogP contribution is 2.30. The Hall–Kier alpha value is -1.37. The van der Waals surface area contributed by atoms with Crippen molar-refractivity contribution >= 4 is 27.5 Å². The molecule has 0 aliphatic heterocycles. The second-order valence-corrected chi connectivity index (χ2v) is 5.24. The summed E-state index contributed by atoms with van der Waals surface area (Å²) in [7, 11) is 0. The fourth-order valence-electron chi connectivity index (χ4n) is 1.58. The molecule has 1 aliphatic carbocycles. The molecule has 98 valence electrons. The van der Waals surface area contributed by atoms with Crippen LogP contribution < -0.4 is 16.6 Å². The van der Waals surface area contributed by atoms with Crippen molar-refractivity contribution in [3.63, 3.8) is 0 Å². The Morgan fingerprint density at radius 1 is 1.61 bits per heavy atom. The van der Waals surface area contributed by atoms with Gasteiger partial charge in [0.25, 0.3) is 5.56 Å². The van der Waals surface area contributed by atoms with Gasteiger partial charge in [-0.1, -0.05) is 0 Å². The van der Waals surface area contributed by atoms with Gasteiger partial charge in [0.1, 0.15) is 4.47 Å². The molecule has 7 heteroatoms. The van der Waals surface area contributed by atoms with E-state index in [0.29, 0.717) is 29.2 Å². The molecule has 1 heterocycles. The molecule has 18 heavy (non-hydrogen) atoms. The first-order valence-corrected chi connectivity index (χ1v) is 6.65. The lowest BCUT2D eigenvalue weighted by molar-refractivity contribution is -0.117. The van der Waals surface area contributed by atoms with Crippen LogP contribution >= 0.6 is 15.9 Å². The number of nitrogens with zero attached hydrogens (tertiary/aromatic N) is 2. The van der Waals surface area contributed by atoms with E-state index in [-0.39, 0.29) is 17.9 Å². The number of primary amides is 1. The highest BCUT2D eigenvalue weighted by Gasteiger charge is 2.23. The molecule has 0 aromatic carbocycles. The Morgan fingerprint density at radius 3 is 2.94 bits per heavy atom. The highest BCUT2D eigenvalue weighted by atomic mass is 79.9. The van der Waals surface area contributed by atoms with Crippen LogP contribution in [0.25, 0.3) is 0 Å². The predicted molar refractivity (Wildman–Crippen MR) is 71.2 cm³/mol. The molecule has 6 nitrogen and oxygen atoms in total. The fourth-order valence-corrected chi connectivity index (χ4v) is 2.03. The van der Waals surface area contributed by atoms with Gasteiger partial charge in [-0.3, -0.25) is 9.59 Å². The van der Waals surface area contributed by atoms with E-state index in [0.717, 1.165) is 0 Å². The van der Waals surface area contributed by atoms with Gasteiger partial charge in [0.15, 0.2) is 0 Å². The zero-order valence-electron chi connectivity index (χ0n) is 9.86. The van der Waals surface area contributed by atoms with Crippen molar-refractivity contribution in [1.82, 2.24) is 9.78 Å². The summed E-state index contributed by atoms with van der Waals surface area (Å²) in [6, 6.07) is 0. The number of halogens is 1. The van der Waals surface area contributed by atoms with Crippen LogP contribution in [0.15, 0.2) is 15.5 Å². The van der Waals surface area contributed by atoms with E-state index < -0.39 is 0 Å². The zero-order valence-corrected chi connectivity index (χ0v) is 11.4. The summed E-state index contributed by atoms with van der Waals surface area (Å²) in [6.07, 6.45) is 4.15. The SMILES string of the molecule is NC(=O)CCNc1cnn(CC2CC2)c(=O)c1Br. The number of nitrogens with two attached hydrogens (primary N) is 1. The number of aromatic nitrogens is 2. The number of hydrogen-bond acceptors (Lipinski definition) is 4. The van der Waals surface area contributed by atoms with Crippen molar-refractivity contribution in [2.75, 3.05) is 11.9 Å². The lowest BCUT2D eigenvalue weighted by Gasteiger charge is -2.09. The van der Waals surface area contributed by atoms with Gasteiger partial charge in [-0.15, -0.1) is 0 Å². The molecule has 0 saturated heterocycles. The maximum Gasteiger partial charge on any atom is 0.283 e. The van der Waals surface area contributed by atoms with Crippen molar-refractivity contribution in [2.45, 2.75) is 25.8 Å². The van der Waals surface area contributed by atoms with Gasteiger partial charge in [0, 0.05) is 19.5 Å². The van der Waals surface area contributed by atoms with Crippen molar-refractivity contribution in [3.8, 4) is 0 Å². The third-order valence-corrected chi connectivity index (χ3v) is 3.57. The van der Waals surface area contributed by atoms with Gasteiger partial charge < -0.3 is 11.1 Å². The molecular formula is C11H15BrN4O2. The van der Waals surface area contributed by atoms with Gasteiger partial charge in [-0.05, 0) is 34.7 Å². The van der Waals surface area contributed by atoms with Crippen molar-refractivity contribution < 1.29 is 4.79 Å². The van der Waals surface area contributed by atoms with E-state index in [1.807, 2.05) is 0 Å². The molecular weight excluding hydrogens is 300 g/mol. The second-order valence-electron chi connectivity index (χ2n) is 4.45. The first-order chi connectivity index (χ1) is 8.58. The Labute approximate surface area is 113 Å². The van der Waals surface area contributed by atoms with Gasteiger partial charge in [0.2, 0.25) is 5.91 Å². The second kappa shape index (κ2) is 5.51. The molecule has 1 aromatic rings. The molecule has 0 radical (unpaired) electrons. The van der Waals surface area contributed by atoms with Gasteiger partial charge in [-0.2, -0.15) is 5.10 Å². The average Bonchev–Trinajstić information content (AvgIpc) is 3.11. The molecule has 2 rings (SSSR count). The van der Waals surface area contributed by atoms with Gasteiger partial charge >= 0.3 is 0 Å². The lowest BCUT2D eigenvalue weighted by Crippen LogP contribution is -2.25. The van der Waals surface area contributed by atoms with Crippen molar-refractivity contribution in [3.05, 3.63) is 21.0 Å². The molecule has 0 spiro atoms. The normalized spacial score (nSPS) is 14.5. The van der Waals surface area contributed by atoms with Crippen LogP contribution in [-0.2, 0) is 11.3 Å². The van der Waals surface area contributed by atoms with E-state index in [4.69, 9.17) is 5.73 Å². The fraction of sp³-hybridized carbons (Fsp3) is 0.545. The van der Waals surface area contributed by atoms with Crippen LogP contribution in [0.2, 0.25) is 0 Å². The number of carbonyl (C=O) groups excluding carboxylic acids is 1. The number of amides is 1. The Morgan fingerprint density at radius 2 is 2.33 bits per heavy atom. The Bertz CT molecular complexity index is 510. The van der Waals surface area contributed by atoms with Crippen molar-refractivity contribution in [2.24, 2.45) is 11.7 Å². The monoisotopic (exact) mass is 314 g/mol. The molecule has 1 aliphatic rings. The van der Waals surface area contributed by atoms with Crippen LogP contribution in [0.1, 0.15) is 19.3 Å². The summed E-state index contributed by atoms with van der Waals surface area (Å²) >= 11 is 3.26. The molecule has 0 atom stereocenters. The first kappa shape index (κ1) is 13.1. The molecule has 0 bridgehead atoms. The summed E-state index contributed by atoms with van der Waals surface area (Å²) in [5.74, 6) is 0.212. The number of carbonyl (C=O) groups is 1. The molecule has 1 fully saturated rings. The molecule has 3 N–H and O–H groups in total. The summed E-state index contributed by atoms with van der Waals surface area (Å²) in [5, 5.41) is 7.07. The Balaban J connectivity index is 2.05. The van der Waals surface area contributed by atoms with Crippen molar-refractivity contribution in [1.29, 1.82) is 0 Å². The number of nitrogens with one attached hydrogen (secondary N) is 1. The number of rotatable bonds is 6. The molecule has 1 saturated carbocycles. The van der Waals surface area contributed by atoms with Crippen LogP contribution in [0.3, 0.4) is 0 Å². The summed E-state index contributed by atoms with van der Waals surface area (Å²) in [6.45, 7) is 1.07. The minimum Gasteiger partial charge on any atom is -0.382 e. The largest absolute Gasteiger partial charge is 0.382 e. The maximum absolute atomic E-state index is 12.0. The van der Waals surface area contributed by atoms with Gasteiger partial charge in [0.05, 0.1) is 11.9 Å². The maximum atomic E-state index is 12.0. The van der Waals surface area contributed by atoms with E-state index in [9.17, 15) is 9.59 Å². The van der Waals surface area contributed by atoms with Gasteiger partial charge in [-0.25, -0.2) is 4.68 Å². The van der Waals surface area contributed by atoms with Crippen LogP contribution in [0, 0.1) is 5.92 Å². The van der Waals surface area contributed by atoms with E-state index in [2.05, 4.69) is 26.3 Å². The zero-order chi connectivity index (χ0) is 13.1. The quantitative estimate of drug-likeness (QED) is 0.809. The average molecular weight is 315 g/mol. The summed E-state index contributed by atoms with van der Waals surface area (Å²) in [5.41, 5.74) is 5.48. The smallest absolute Gasteiger partial charge is 0.283 e. The molecule has 0 unspecified atom stereocenters. The molecule has 1 aromatic heterocycles. The molecule has 1 amide bonds. The minimum absolute atomic E-state index is 0.147. The topological polar surface area (TPSA) is 90.0 Å². The lowest BCUT2D eigenvalue weighted by atomic mass is 10.3. The summed E-state index contributed by atoms with van der Waals surface area (Å²) in [4.78, 5) is 22.6. The first-order valence-electron chi connectivity index (χ1n) is 5.85. The summed E-state index contributed by atoms with van der Waals surface area (Å²) < 4.78 is 1.92. The number of anilines is 1. The van der Waals surface area contributed by atoms with Crippen LogP contribution in [0.4, 0.5) is 5.69 Å². The standard InChI is InChI=1S/C11H15BrN4O2/c12-10-8(14-4-3-9(13)17)5-15-16(11(10)18)6-7-1-2-7/h5,7,14H,1-4,6H2,(H2,13,17). The van der Waals surface area contributed by atoms with E-state index >= 15 is 0 Å². The van der Waals surface area contributed by atoms with E-state index in [1.165, 1.54) is 17.5 Å². The van der Waals surface area contributed by atoms with Crippen LogP contribution in [0.5, 0.6) is 0 Å². The van der Waals surface area contributed by atoms with Crippen LogP contribution in [-0.4, -0.2) is 22.2 Å². The third-order valence-electron chi connectivity index (χ3n) is 2.80. The van der Waals surface area contributed by atoms with E-state index in [1.54, 1.807) is 6.20 Å².